The monoisotopic (exact) mass is 216 g/mol. The van der Waals surface area contributed by atoms with E-state index in [1.165, 1.54) is 6.92 Å². The molecule has 0 spiro atoms. The predicted octanol–water partition coefficient (Wildman–Crippen LogP) is 0.358. The van der Waals surface area contributed by atoms with E-state index in [0.29, 0.717) is 6.42 Å². The SMILES string of the molecule is CC(=O)C[C@H]1[C@@H](C)[C@@H](C)O[C@@H]1[C@H](O)CO. The number of ether oxygens (including phenoxy) is 1. The second kappa shape index (κ2) is 5.05. The largest absolute Gasteiger partial charge is 0.394 e. The Labute approximate surface area is 90.2 Å². The van der Waals surface area contributed by atoms with Crippen molar-refractivity contribution in [3.05, 3.63) is 0 Å². The first-order valence-electron chi connectivity index (χ1n) is 5.41. The lowest BCUT2D eigenvalue weighted by atomic mass is 9.83. The minimum absolute atomic E-state index is 0.0136. The summed E-state index contributed by atoms with van der Waals surface area (Å²) in [5, 5.41) is 18.5. The number of rotatable bonds is 4. The molecule has 0 aromatic carbocycles. The molecule has 1 fully saturated rings. The lowest BCUT2D eigenvalue weighted by Gasteiger charge is -2.23. The van der Waals surface area contributed by atoms with Crippen LogP contribution in [0.25, 0.3) is 0 Å². The van der Waals surface area contributed by atoms with Gasteiger partial charge >= 0.3 is 0 Å². The number of Topliss-reactive ketones (excluding diaryl/α,β-unsaturated/α-hetero) is 1. The molecule has 1 aliphatic heterocycles. The van der Waals surface area contributed by atoms with Crippen molar-refractivity contribution in [3.8, 4) is 0 Å². The van der Waals surface area contributed by atoms with Crippen molar-refractivity contribution in [2.45, 2.75) is 45.5 Å². The van der Waals surface area contributed by atoms with E-state index < -0.39 is 12.2 Å². The van der Waals surface area contributed by atoms with Gasteiger partial charge in [0.25, 0.3) is 0 Å². The van der Waals surface area contributed by atoms with Crippen LogP contribution >= 0.6 is 0 Å². The van der Waals surface area contributed by atoms with Crippen molar-refractivity contribution in [1.82, 2.24) is 0 Å². The van der Waals surface area contributed by atoms with Gasteiger partial charge in [-0.05, 0) is 25.7 Å². The van der Waals surface area contributed by atoms with Crippen LogP contribution in [0.15, 0.2) is 0 Å². The van der Waals surface area contributed by atoms with Crippen LogP contribution in [-0.4, -0.2) is 40.9 Å². The molecule has 0 saturated carbocycles. The Hall–Kier alpha value is -0.450. The zero-order valence-corrected chi connectivity index (χ0v) is 9.51. The average Bonchev–Trinajstić information content (AvgIpc) is 2.44. The van der Waals surface area contributed by atoms with Gasteiger partial charge in [0.05, 0.1) is 18.8 Å². The van der Waals surface area contributed by atoms with Crippen LogP contribution in [-0.2, 0) is 9.53 Å². The van der Waals surface area contributed by atoms with Gasteiger partial charge in [0.1, 0.15) is 11.9 Å². The molecule has 15 heavy (non-hydrogen) atoms. The minimum atomic E-state index is -0.887. The third kappa shape index (κ3) is 2.77. The second-order valence-corrected chi connectivity index (χ2v) is 4.48. The average molecular weight is 216 g/mol. The van der Waals surface area contributed by atoms with Gasteiger partial charge < -0.3 is 19.7 Å². The summed E-state index contributed by atoms with van der Waals surface area (Å²) in [7, 11) is 0. The van der Waals surface area contributed by atoms with Crippen LogP contribution in [0.1, 0.15) is 27.2 Å². The summed E-state index contributed by atoms with van der Waals surface area (Å²) in [6.45, 7) is 5.17. The number of aliphatic hydroxyl groups excluding tert-OH is 2. The quantitative estimate of drug-likeness (QED) is 0.712. The lowest BCUT2D eigenvalue weighted by molar-refractivity contribution is -0.119. The van der Waals surface area contributed by atoms with Crippen LogP contribution in [0.2, 0.25) is 0 Å². The lowest BCUT2D eigenvalue weighted by Crippen LogP contribution is -2.35. The Bertz CT molecular complexity index is 229. The second-order valence-electron chi connectivity index (χ2n) is 4.48. The summed E-state index contributed by atoms with van der Waals surface area (Å²) in [5.74, 6) is 0.347. The van der Waals surface area contributed by atoms with Gasteiger partial charge in [-0.25, -0.2) is 0 Å². The van der Waals surface area contributed by atoms with Gasteiger partial charge in [-0.1, -0.05) is 6.92 Å². The fourth-order valence-electron chi connectivity index (χ4n) is 2.23. The number of ketones is 1. The first kappa shape index (κ1) is 12.6. The van der Waals surface area contributed by atoms with Crippen molar-refractivity contribution < 1.29 is 19.7 Å². The molecule has 0 amide bonds. The molecule has 1 saturated heterocycles. The maximum Gasteiger partial charge on any atom is 0.130 e. The zero-order chi connectivity index (χ0) is 11.6. The molecule has 5 atom stereocenters. The van der Waals surface area contributed by atoms with Gasteiger partial charge in [-0.15, -0.1) is 0 Å². The molecule has 0 aliphatic carbocycles. The molecule has 0 aromatic heterocycles. The number of carbonyl (C=O) groups is 1. The third-order valence-corrected chi connectivity index (χ3v) is 3.30. The molecule has 4 heteroatoms. The molecule has 0 unspecified atom stereocenters. The van der Waals surface area contributed by atoms with Gasteiger partial charge in [-0.3, -0.25) is 0 Å². The van der Waals surface area contributed by atoms with Crippen molar-refractivity contribution in [2.24, 2.45) is 11.8 Å². The molecular weight excluding hydrogens is 196 g/mol. The molecule has 0 bridgehead atoms. The van der Waals surface area contributed by atoms with E-state index in [-0.39, 0.29) is 30.3 Å². The van der Waals surface area contributed by atoms with Crippen molar-refractivity contribution in [1.29, 1.82) is 0 Å². The number of hydrogen-bond acceptors (Lipinski definition) is 4. The van der Waals surface area contributed by atoms with Crippen LogP contribution in [0.4, 0.5) is 0 Å². The highest BCUT2D eigenvalue weighted by atomic mass is 16.5. The molecule has 1 aliphatic rings. The van der Waals surface area contributed by atoms with E-state index in [2.05, 4.69) is 0 Å². The highest BCUT2D eigenvalue weighted by Crippen LogP contribution is 2.36. The number of carbonyl (C=O) groups excluding carboxylic acids is 1. The first-order chi connectivity index (χ1) is 6.97. The van der Waals surface area contributed by atoms with E-state index in [9.17, 15) is 9.90 Å². The van der Waals surface area contributed by atoms with Crippen LogP contribution in [0.5, 0.6) is 0 Å². The molecule has 2 N–H and O–H groups in total. The normalized spacial score (nSPS) is 37.9. The molecule has 4 nitrogen and oxygen atoms in total. The minimum Gasteiger partial charge on any atom is -0.394 e. The Balaban J connectivity index is 2.72. The van der Waals surface area contributed by atoms with E-state index in [1.807, 2.05) is 13.8 Å². The van der Waals surface area contributed by atoms with E-state index in [4.69, 9.17) is 9.84 Å². The highest BCUT2D eigenvalue weighted by molar-refractivity contribution is 5.75. The van der Waals surface area contributed by atoms with Gasteiger partial charge in [0.2, 0.25) is 0 Å². The summed E-state index contributed by atoms with van der Waals surface area (Å²) in [6.07, 6.45) is -0.862. The smallest absolute Gasteiger partial charge is 0.130 e. The van der Waals surface area contributed by atoms with Crippen molar-refractivity contribution >= 4 is 5.78 Å². The maximum atomic E-state index is 11.1. The summed E-state index contributed by atoms with van der Waals surface area (Å²) >= 11 is 0. The van der Waals surface area contributed by atoms with Crippen LogP contribution in [0.3, 0.4) is 0 Å². The molecule has 88 valence electrons. The maximum absolute atomic E-state index is 11.1. The van der Waals surface area contributed by atoms with Crippen LogP contribution in [0, 0.1) is 11.8 Å². The summed E-state index contributed by atoms with van der Waals surface area (Å²) < 4.78 is 5.58. The Kier molecular flexibility index (Phi) is 4.25. The van der Waals surface area contributed by atoms with Crippen molar-refractivity contribution in [3.63, 3.8) is 0 Å². The fourth-order valence-corrected chi connectivity index (χ4v) is 2.23. The standard InChI is InChI=1S/C11H20O4/c1-6(13)4-9-7(2)8(3)15-11(9)10(14)5-12/h7-12,14H,4-5H2,1-3H3/t7-,8+,9-,10+,11-/m0/s1. The first-order valence-corrected chi connectivity index (χ1v) is 5.41. The number of hydrogen-bond donors (Lipinski definition) is 2. The van der Waals surface area contributed by atoms with Crippen molar-refractivity contribution in [2.75, 3.05) is 6.61 Å². The Morgan fingerprint density at radius 2 is 2.07 bits per heavy atom. The Morgan fingerprint density at radius 1 is 1.47 bits per heavy atom. The van der Waals surface area contributed by atoms with Gasteiger partial charge in [-0.2, -0.15) is 0 Å². The van der Waals surface area contributed by atoms with E-state index in [1.54, 1.807) is 0 Å². The molecule has 1 rings (SSSR count). The molecule has 0 aromatic rings. The molecule has 1 heterocycles. The predicted molar refractivity (Wildman–Crippen MR) is 55.4 cm³/mol. The summed E-state index contributed by atoms with van der Waals surface area (Å²) in [4.78, 5) is 11.1. The third-order valence-electron chi connectivity index (χ3n) is 3.30. The zero-order valence-electron chi connectivity index (χ0n) is 9.51. The summed E-state index contributed by atoms with van der Waals surface area (Å²) in [5.41, 5.74) is 0. The van der Waals surface area contributed by atoms with Gasteiger partial charge in [0, 0.05) is 6.42 Å². The highest BCUT2D eigenvalue weighted by Gasteiger charge is 2.43. The van der Waals surface area contributed by atoms with E-state index >= 15 is 0 Å². The topological polar surface area (TPSA) is 66.8 Å². The fraction of sp³-hybridized carbons (Fsp3) is 0.909. The number of aliphatic hydroxyl groups is 2. The molecule has 0 radical (unpaired) electrons. The van der Waals surface area contributed by atoms with Gasteiger partial charge in [0.15, 0.2) is 0 Å². The van der Waals surface area contributed by atoms with E-state index in [0.717, 1.165) is 0 Å². The Morgan fingerprint density at radius 3 is 2.53 bits per heavy atom. The van der Waals surface area contributed by atoms with Crippen LogP contribution < -0.4 is 0 Å². The molecular formula is C11H20O4. The summed E-state index contributed by atoms with van der Waals surface area (Å²) in [6, 6.07) is 0.